The number of carboxylic acid groups (broad SMARTS) is 1. The van der Waals surface area contributed by atoms with Crippen LogP contribution in [0.1, 0.15) is 31.8 Å². The van der Waals surface area contributed by atoms with Crippen molar-refractivity contribution in [1.29, 1.82) is 0 Å². The third-order valence-corrected chi connectivity index (χ3v) is 3.26. The second kappa shape index (κ2) is 5.19. The monoisotopic (exact) mass is 260 g/mol. The molecule has 1 aromatic rings. The summed E-state index contributed by atoms with van der Waals surface area (Å²) in [6.07, 6.45) is 0.668. The summed E-state index contributed by atoms with van der Waals surface area (Å²) in [5, 5.41) is 9.08. The molecule has 4 heteroatoms. The lowest BCUT2D eigenvalue weighted by atomic mass is 10.00. The van der Waals surface area contributed by atoms with Crippen LogP contribution in [0.3, 0.4) is 0 Å². The van der Waals surface area contributed by atoms with Crippen LogP contribution in [0.25, 0.3) is 0 Å². The Balaban J connectivity index is 3.38. The predicted octanol–water partition coefficient (Wildman–Crippen LogP) is 2.73. The van der Waals surface area contributed by atoms with Crippen molar-refractivity contribution in [3.8, 4) is 11.5 Å². The summed E-state index contributed by atoms with van der Waals surface area (Å²) in [5.74, 6) is 1.94. The molecule has 0 heterocycles. The number of rotatable bonds is 2. The highest BCUT2D eigenvalue weighted by Crippen LogP contribution is 2.15. The lowest BCUT2D eigenvalue weighted by Crippen LogP contribution is -2.16. The average molecular weight is 260 g/mol. The van der Waals surface area contributed by atoms with E-state index in [1.54, 1.807) is 13.0 Å². The second-order valence-corrected chi connectivity index (χ2v) is 9.91. The van der Waals surface area contributed by atoms with Crippen molar-refractivity contribution in [3.05, 3.63) is 34.4 Å². The van der Waals surface area contributed by atoms with E-state index in [0.717, 1.165) is 0 Å². The predicted molar refractivity (Wildman–Crippen MR) is 73.7 cm³/mol. The van der Waals surface area contributed by atoms with E-state index in [1.807, 2.05) is 0 Å². The van der Waals surface area contributed by atoms with Crippen molar-refractivity contribution in [3.63, 3.8) is 0 Å². The lowest BCUT2D eigenvalue weighted by Gasteiger charge is -2.06. The van der Waals surface area contributed by atoms with Crippen LogP contribution in [0, 0.1) is 18.4 Å². The van der Waals surface area contributed by atoms with E-state index in [9.17, 15) is 9.59 Å². The lowest BCUT2D eigenvalue weighted by molar-refractivity contribution is 0.0696. The van der Waals surface area contributed by atoms with Crippen LogP contribution in [-0.4, -0.2) is 25.4 Å². The van der Waals surface area contributed by atoms with E-state index >= 15 is 0 Å². The fourth-order valence-corrected chi connectivity index (χ4v) is 1.93. The molecule has 0 saturated carbocycles. The summed E-state index contributed by atoms with van der Waals surface area (Å²) < 4.78 is 0. The van der Waals surface area contributed by atoms with Crippen molar-refractivity contribution in [2.24, 2.45) is 0 Å². The van der Waals surface area contributed by atoms with Crippen molar-refractivity contribution >= 4 is 20.3 Å². The Kier molecular flexibility index (Phi) is 4.10. The van der Waals surface area contributed by atoms with Gasteiger partial charge in [0, 0.05) is 11.1 Å². The maximum absolute atomic E-state index is 11.1. The SMILES string of the molecule is Cc1c(C=O)cc(C#C[Si](C)(C)C)cc1C(=O)O. The van der Waals surface area contributed by atoms with Crippen LogP contribution in [0.2, 0.25) is 19.6 Å². The summed E-state index contributed by atoms with van der Waals surface area (Å²) in [6, 6.07) is 3.17. The summed E-state index contributed by atoms with van der Waals surface area (Å²) in [7, 11) is -1.52. The van der Waals surface area contributed by atoms with Crippen LogP contribution in [0.15, 0.2) is 12.1 Å². The number of carboxylic acids is 1. The molecular formula is C14H16O3Si. The Labute approximate surface area is 108 Å². The Bertz CT molecular complexity index is 557. The smallest absolute Gasteiger partial charge is 0.336 e. The maximum Gasteiger partial charge on any atom is 0.336 e. The van der Waals surface area contributed by atoms with E-state index in [0.29, 0.717) is 23.0 Å². The van der Waals surface area contributed by atoms with Gasteiger partial charge in [0.1, 0.15) is 14.4 Å². The number of aldehydes is 1. The summed E-state index contributed by atoms with van der Waals surface area (Å²) in [4.78, 5) is 22.0. The number of hydrogen-bond donors (Lipinski definition) is 1. The highest BCUT2D eigenvalue weighted by Gasteiger charge is 2.12. The topological polar surface area (TPSA) is 54.4 Å². The molecule has 1 rings (SSSR count). The third kappa shape index (κ3) is 3.57. The van der Waals surface area contributed by atoms with Gasteiger partial charge in [0.05, 0.1) is 5.56 Å². The highest BCUT2D eigenvalue weighted by molar-refractivity contribution is 6.83. The van der Waals surface area contributed by atoms with E-state index in [2.05, 4.69) is 31.1 Å². The molecule has 0 saturated heterocycles. The zero-order valence-electron chi connectivity index (χ0n) is 11.0. The number of hydrogen-bond acceptors (Lipinski definition) is 2. The molecule has 0 atom stereocenters. The molecule has 0 unspecified atom stereocenters. The average Bonchev–Trinajstić information content (AvgIpc) is 2.26. The standard InChI is InChI=1S/C14H16O3Si/c1-10-12(9-15)7-11(5-6-18(2,3)4)8-13(10)14(16)17/h7-9H,1-4H3,(H,16,17). The molecule has 18 heavy (non-hydrogen) atoms. The molecule has 0 amide bonds. The summed E-state index contributed by atoms with van der Waals surface area (Å²) >= 11 is 0. The van der Waals surface area contributed by atoms with Gasteiger partial charge in [-0.2, -0.15) is 0 Å². The van der Waals surface area contributed by atoms with Crippen LogP contribution in [0.5, 0.6) is 0 Å². The molecule has 94 valence electrons. The first-order valence-electron chi connectivity index (χ1n) is 5.61. The maximum atomic E-state index is 11.1. The Morgan fingerprint density at radius 1 is 1.33 bits per heavy atom. The fraction of sp³-hybridized carbons (Fsp3) is 0.286. The largest absolute Gasteiger partial charge is 0.478 e. The van der Waals surface area contributed by atoms with Crippen molar-refractivity contribution in [2.75, 3.05) is 0 Å². The van der Waals surface area contributed by atoms with Crippen LogP contribution in [0.4, 0.5) is 0 Å². The van der Waals surface area contributed by atoms with Gasteiger partial charge in [0.2, 0.25) is 0 Å². The number of aromatic carboxylic acids is 1. The molecule has 0 aliphatic heterocycles. The molecule has 1 aromatic carbocycles. The fourth-order valence-electron chi connectivity index (χ4n) is 1.41. The number of benzene rings is 1. The number of carbonyl (C=O) groups is 2. The van der Waals surface area contributed by atoms with E-state index in [-0.39, 0.29) is 5.56 Å². The first-order chi connectivity index (χ1) is 8.24. The molecule has 0 radical (unpaired) electrons. The third-order valence-electron chi connectivity index (χ3n) is 2.39. The molecule has 0 bridgehead atoms. The Morgan fingerprint density at radius 2 is 1.94 bits per heavy atom. The minimum absolute atomic E-state index is 0.138. The first kappa shape index (κ1) is 14.2. The second-order valence-electron chi connectivity index (χ2n) is 5.16. The first-order valence-corrected chi connectivity index (χ1v) is 9.11. The molecule has 0 spiro atoms. The zero-order valence-corrected chi connectivity index (χ0v) is 12.0. The summed E-state index contributed by atoms with van der Waals surface area (Å²) in [5.41, 5.74) is 4.75. The molecular weight excluding hydrogens is 244 g/mol. The van der Waals surface area contributed by atoms with Gasteiger partial charge in [-0.3, -0.25) is 4.79 Å². The van der Waals surface area contributed by atoms with Gasteiger partial charge in [-0.25, -0.2) is 4.79 Å². The highest BCUT2D eigenvalue weighted by atomic mass is 28.3. The van der Waals surface area contributed by atoms with E-state index in [4.69, 9.17) is 5.11 Å². The van der Waals surface area contributed by atoms with E-state index < -0.39 is 14.0 Å². The van der Waals surface area contributed by atoms with Crippen LogP contribution < -0.4 is 0 Å². The van der Waals surface area contributed by atoms with Gasteiger partial charge < -0.3 is 5.11 Å². The minimum atomic E-state index is -1.52. The van der Waals surface area contributed by atoms with Crippen molar-refractivity contribution < 1.29 is 14.7 Å². The zero-order chi connectivity index (χ0) is 13.9. The summed E-state index contributed by atoms with van der Waals surface area (Å²) in [6.45, 7) is 7.94. The van der Waals surface area contributed by atoms with Gasteiger partial charge in [0.15, 0.2) is 0 Å². The Morgan fingerprint density at radius 3 is 2.39 bits per heavy atom. The quantitative estimate of drug-likeness (QED) is 0.505. The van der Waals surface area contributed by atoms with Crippen LogP contribution in [-0.2, 0) is 0 Å². The molecule has 0 fully saturated rings. The van der Waals surface area contributed by atoms with Gasteiger partial charge >= 0.3 is 5.97 Å². The van der Waals surface area contributed by atoms with Gasteiger partial charge in [-0.1, -0.05) is 25.6 Å². The molecule has 1 N–H and O–H groups in total. The Hall–Kier alpha value is -1.86. The van der Waals surface area contributed by atoms with Crippen molar-refractivity contribution in [2.45, 2.75) is 26.6 Å². The minimum Gasteiger partial charge on any atom is -0.478 e. The molecule has 3 nitrogen and oxygen atoms in total. The molecule has 0 aliphatic carbocycles. The van der Waals surface area contributed by atoms with Gasteiger partial charge in [-0.05, 0) is 24.6 Å². The van der Waals surface area contributed by atoms with Crippen LogP contribution >= 0.6 is 0 Å². The number of carbonyl (C=O) groups excluding carboxylic acids is 1. The molecule has 0 aliphatic rings. The van der Waals surface area contributed by atoms with E-state index in [1.165, 1.54) is 6.07 Å². The molecule has 0 aromatic heterocycles. The normalized spacial score (nSPS) is 10.4. The van der Waals surface area contributed by atoms with Gasteiger partial charge in [-0.15, -0.1) is 5.54 Å². The van der Waals surface area contributed by atoms with Gasteiger partial charge in [0.25, 0.3) is 0 Å². The van der Waals surface area contributed by atoms with Crippen molar-refractivity contribution in [1.82, 2.24) is 0 Å².